The monoisotopic (exact) mass is 448 g/mol. The maximum absolute atomic E-state index is 4.27. The van der Waals surface area contributed by atoms with E-state index < -0.39 is 0 Å². The Morgan fingerprint density at radius 2 is 1.93 bits per heavy atom. The van der Waals surface area contributed by atoms with Crippen molar-refractivity contribution >= 4 is 27.8 Å². The molecule has 0 amide bonds. The minimum atomic E-state index is 0. The first kappa shape index (κ1) is 21.2. The third-order valence-corrected chi connectivity index (χ3v) is 5.26. The van der Waals surface area contributed by atoms with Crippen LogP contribution in [0.3, 0.4) is 0 Å². The van der Waals surface area contributed by atoms with E-state index in [4.69, 9.17) is 0 Å². The molecule has 0 saturated carbocycles. The summed E-state index contributed by atoms with van der Waals surface area (Å²) < 4.78 is 4.42. The van der Waals surface area contributed by atoms with Gasteiger partial charge < -0.3 is 21.9 Å². The van der Waals surface area contributed by atoms with Gasteiger partial charge in [0, 0.05) is 30.2 Å². The smallest absolute Gasteiger partial charge is 0.253 e. The molecule has 0 saturated heterocycles. The minimum absolute atomic E-state index is 0. The summed E-state index contributed by atoms with van der Waals surface area (Å²) in [5.74, 6) is 1.26. The molecule has 0 unspecified atom stereocenters. The summed E-state index contributed by atoms with van der Waals surface area (Å²) in [5, 5.41) is 9.16. The molecule has 3 rings (SSSR count). The minimum Gasteiger partial charge on any atom is -1.00 e. The normalized spacial score (nSPS) is 11.0. The van der Waals surface area contributed by atoms with Gasteiger partial charge in [-0.15, -0.1) is 10.2 Å². The molecule has 1 aromatic carbocycles. The maximum Gasteiger partial charge on any atom is 0.253 e. The first-order chi connectivity index (χ1) is 12.6. The fraction of sp³-hybridized carbons (Fsp3) is 0.368. The quantitative estimate of drug-likeness (QED) is 0.404. The molecular weight excluding hydrogens is 424 g/mol. The maximum atomic E-state index is 4.27. The number of aryl methyl sites for hydroxylation is 2. The SMILES string of the molecule is CCN(CCn1cc[n+](C)c1C)c1ccc(/N=N/c2ncc(C)s2)cc1.[Br-]. The highest BCUT2D eigenvalue weighted by Gasteiger charge is 2.11. The Kier molecular flexibility index (Phi) is 7.67. The predicted octanol–water partition coefficient (Wildman–Crippen LogP) is 1.33. The number of benzene rings is 1. The highest BCUT2D eigenvalue weighted by Crippen LogP contribution is 2.24. The van der Waals surface area contributed by atoms with Crippen LogP contribution in [0.5, 0.6) is 0 Å². The molecule has 3 aromatic rings. The zero-order valence-corrected chi connectivity index (χ0v) is 18.5. The molecule has 0 aliphatic rings. The number of anilines is 1. The standard InChI is InChI=1S/C19H25N6S.BrH/c1-5-24(12-13-25-11-10-23(4)16(25)3)18-8-6-17(7-9-18)21-22-19-20-14-15(2)26-19;/h6-11,14H,5,12-13H2,1-4H3;1H/q+1;/p-1/b22-21+;. The fourth-order valence-electron chi connectivity index (χ4n) is 2.75. The van der Waals surface area contributed by atoms with Crippen LogP contribution >= 0.6 is 11.3 Å². The molecule has 0 radical (unpaired) electrons. The summed E-state index contributed by atoms with van der Waals surface area (Å²) in [7, 11) is 2.07. The Morgan fingerprint density at radius 1 is 1.19 bits per heavy atom. The lowest BCUT2D eigenvalue weighted by Gasteiger charge is -2.22. The average molecular weight is 449 g/mol. The molecule has 0 bridgehead atoms. The molecule has 144 valence electrons. The van der Waals surface area contributed by atoms with Crippen molar-refractivity contribution in [3.63, 3.8) is 0 Å². The second-order valence-electron chi connectivity index (χ2n) is 6.20. The molecule has 27 heavy (non-hydrogen) atoms. The van der Waals surface area contributed by atoms with Gasteiger partial charge in [0.1, 0.15) is 18.9 Å². The van der Waals surface area contributed by atoms with Gasteiger partial charge in [0.05, 0.1) is 19.3 Å². The van der Waals surface area contributed by atoms with Crippen molar-refractivity contribution in [1.82, 2.24) is 9.55 Å². The van der Waals surface area contributed by atoms with E-state index in [1.807, 2.05) is 25.3 Å². The first-order valence-electron chi connectivity index (χ1n) is 8.77. The lowest BCUT2D eigenvalue weighted by molar-refractivity contribution is -0.677. The third-order valence-electron chi connectivity index (χ3n) is 4.46. The van der Waals surface area contributed by atoms with Crippen molar-refractivity contribution in [2.75, 3.05) is 18.0 Å². The van der Waals surface area contributed by atoms with Gasteiger partial charge in [-0.25, -0.2) is 14.1 Å². The van der Waals surface area contributed by atoms with Crippen LogP contribution in [-0.2, 0) is 13.6 Å². The van der Waals surface area contributed by atoms with Gasteiger partial charge in [-0.2, -0.15) is 0 Å². The Labute approximate surface area is 175 Å². The first-order valence-corrected chi connectivity index (χ1v) is 9.59. The van der Waals surface area contributed by atoms with Crippen LogP contribution in [0, 0.1) is 13.8 Å². The molecule has 8 heteroatoms. The number of halogens is 1. The largest absolute Gasteiger partial charge is 1.00 e. The van der Waals surface area contributed by atoms with Crippen LogP contribution in [0.1, 0.15) is 17.6 Å². The van der Waals surface area contributed by atoms with Gasteiger partial charge in [-0.1, -0.05) is 11.3 Å². The lowest BCUT2D eigenvalue weighted by atomic mass is 10.2. The average Bonchev–Trinajstić information content (AvgIpc) is 3.21. The topological polar surface area (TPSA) is 49.7 Å². The number of aromatic nitrogens is 3. The van der Waals surface area contributed by atoms with Gasteiger partial charge in [0.15, 0.2) is 0 Å². The second-order valence-corrected chi connectivity index (χ2v) is 7.41. The van der Waals surface area contributed by atoms with Crippen molar-refractivity contribution in [2.45, 2.75) is 27.3 Å². The molecule has 2 heterocycles. The van der Waals surface area contributed by atoms with Gasteiger partial charge >= 0.3 is 0 Å². The highest BCUT2D eigenvalue weighted by atomic mass is 79.9. The molecular formula is C19H25BrN6S. The van der Waals surface area contributed by atoms with E-state index in [1.54, 1.807) is 11.3 Å². The lowest BCUT2D eigenvalue weighted by Crippen LogP contribution is -3.00. The summed E-state index contributed by atoms with van der Waals surface area (Å²) in [5.41, 5.74) is 2.04. The number of hydrogen-bond donors (Lipinski definition) is 0. The van der Waals surface area contributed by atoms with Gasteiger partial charge in [0.25, 0.3) is 5.82 Å². The number of hydrogen-bond acceptors (Lipinski definition) is 5. The second kappa shape index (κ2) is 9.75. The summed E-state index contributed by atoms with van der Waals surface area (Å²) in [6, 6.07) is 8.21. The molecule has 0 atom stereocenters. The third kappa shape index (κ3) is 5.46. The number of imidazole rings is 1. The van der Waals surface area contributed by atoms with Crippen LogP contribution in [0.4, 0.5) is 16.5 Å². The van der Waals surface area contributed by atoms with E-state index in [0.717, 1.165) is 30.2 Å². The Morgan fingerprint density at radius 3 is 2.48 bits per heavy atom. The van der Waals surface area contributed by atoms with E-state index in [-0.39, 0.29) is 17.0 Å². The predicted molar refractivity (Wildman–Crippen MR) is 106 cm³/mol. The van der Waals surface area contributed by atoms with Crippen molar-refractivity contribution in [1.29, 1.82) is 0 Å². The van der Waals surface area contributed by atoms with Crippen molar-refractivity contribution in [2.24, 2.45) is 17.3 Å². The highest BCUT2D eigenvalue weighted by molar-refractivity contribution is 7.15. The van der Waals surface area contributed by atoms with Crippen LogP contribution in [0.25, 0.3) is 0 Å². The van der Waals surface area contributed by atoms with E-state index >= 15 is 0 Å². The number of nitrogens with zero attached hydrogens (tertiary/aromatic N) is 6. The Hall–Kier alpha value is -2.06. The summed E-state index contributed by atoms with van der Waals surface area (Å²) >= 11 is 1.54. The van der Waals surface area contributed by atoms with Crippen molar-refractivity contribution in [3.8, 4) is 0 Å². The van der Waals surface area contributed by atoms with Gasteiger partial charge in [-0.05, 0) is 38.1 Å². The van der Waals surface area contributed by atoms with E-state index in [1.165, 1.54) is 11.5 Å². The zero-order valence-electron chi connectivity index (χ0n) is 16.1. The number of likely N-dealkylation sites (N-methyl/N-ethyl adjacent to an activating group) is 1. The zero-order chi connectivity index (χ0) is 18.5. The van der Waals surface area contributed by atoms with E-state index in [9.17, 15) is 0 Å². The Bertz CT molecular complexity index is 884. The Balaban J connectivity index is 0.00000261. The van der Waals surface area contributed by atoms with Crippen molar-refractivity contribution < 1.29 is 21.5 Å². The van der Waals surface area contributed by atoms with E-state index in [0.29, 0.717) is 5.13 Å². The van der Waals surface area contributed by atoms with Crippen LogP contribution < -0.4 is 26.4 Å². The number of rotatable bonds is 7. The van der Waals surface area contributed by atoms with Crippen LogP contribution in [0.15, 0.2) is 53.1 Å². The van der Waals surface area contributed by atoms with E-state index in [2.05, 4.69) is 74.7 Å². The molecule has 2 aromatic heterocycles. The molecule has 0 aliphatic carbocycles. The van der Waals surface area contributed by atoms with Crippen molar-refractivity contribution in [3.05, 3.63) is 53.6 Å². The molecule has 0 N–H and O–H groups in total. The number of azo groups is 1. The van der Waals surface area contributed by atoms with Gasteiger partial charge in [0.2, 0.25) is 5.13 Å². The molecule has 0 spiro atoms. The molecule has 0 aliphatic heterocycles. The number of thiazole rings is 1. The summed E-state index contributed by atoms with van der Waals surface area (Å²) in [4.78, 5) is 7.70. The molecule has 0 fully saturated rings. The van der Waals surface area contributed by atoms with Crippen LogP contribution in [-0.4, -0.2) is 22.6 Å². The van der Waals surface area contributed by atoms with Crippen LogP contribution in [0.2, 0.25) is 0 Å². The van der Waals surface area contributed by atoms with Gasteiger partial charge in [-0.3, -0.25) is 0 Å². The summed E-state index contributed by atoms with van der Waals surface area (Å²) in [6.07, 6.45) is 6.04. The fourth-order valence-corrected chi connectivity index (χ4v) is 3.33. The summed E-state index contributed by atoms with van der Waals surface area (Å²) in [6.45, 7) is 9.23. The molecule has 6 nitrogen and oxygen atoms in total.